The molecule has 0 saturated carbocycles. The van der Waals surface area contributed by atoms with Gasteiger partial charge >= 0.3 is 0 Å². The number of carbonyl (C=O) groups is 1. The maximum atomic E-state index is 11.8. The number of nitrogen functional groups attached to an aromatic ring is 1. The number of aromatic nitrogens is 2. The monoisotopic (exact) mass is 250 g/mol. The lowest BCUT2D eigenvalue weighted by Gasteiger charge is -2.13. The zero-order valence-corrected chi connectivity index (χ0v) is 11.1. The van der Waals surface area contributed by atoms with E-state index in [1.54, 1.807) is 0 Å². The van der Waals surface area contributed by atoms with Crippen LogP contribution in [0.4, 0.5) is 5.82 Å². The Hall–Kier alpha value is -1.65. The summed E-state index contributed by atoms with van der Waals surface area (Å²) < 4.78 is 0. The Morgan fingerprint density at radius 2 is 2.11 bits per heavy atom. The van der Waals surface area contributed by atoms with Crippen molar-refractivity contribution in [1.82, 2.24) is 15.3 Å². The highest BCUT2D eigenvalue weighted by Crippen LogP contribution is 2.06. The summed E-state index contributed by atoms with van der Waals surface area (Å²) >= 11 is 0. The van der Waals surface area contributed by atoms with E-state index in [0.29, 0.717) is 11.5 Å². The lowest BCUT2D eigenvalue weighted by Crippen LogP contribution is -2.33. The zero-order valence-electron chi connectivity index (χ0n) is 11.1. The van der Waals surface area contributed by atoms with Crippen molar-refractivity contribution in [2.75, 3.05) is 5.73 Å². The molecule has 3 N–H and O–H groups in total. The molecule has 0 aliphatic carbocycles. The first kappa shape index (κ1) is 14.4. The van der Waals surface area contributed by atoms with Crippen molar-refractivity contribution in [2.24, 2.45) is 0 Å². The quantitative estimate of drug-likeness (QED) is 0.726. The van der Waals surface area contributed by atoms with Crippen LogP contribution in [0.1, 0.15) is 56.4 Å². The topological polar surface area (TPSA) is 80.9 Å². The normalized spacial score (nSPS) is 12.1. The van der Waals surface area contributed by atoms with Crippen molar-refractivity contribution in [2.45, 2.75) is 52.0 Å². The van der Waals surface area contributed by atoms with Crippen LogP contribution in [-0.2, 0) is 0 Å². The molecule has 0 bridgehead atoms. The number of nitrogens with zero attached hydrogens (tertiary/aromatic N) is 2. The average Bonchev–Trinajstić information content (AvgIpc) is 2.35. The molecule has 1 aromatic heterocycles. The fourth-order valence-corrected chi connectivity index (χ4v) is 1.70. The van der Waals surface area contributed by atoms with Crippen LogP contribution in [0.15, 0.2) is 12.4 Å². The van der Waals surface area contributed by atoms with Gasteiger partial charge < -0.3 is 11.1 Å². The maximum absolute atomic E-state index is 11.8. The van der Waals surface area contributed by atoms with Gasteiger partial charge in [-0.1, -0.05) is 32.6 Å². The number of amides is 1. The van der Waals surface area contributed by atoms with Gasteiger partial charge in [-0.15, -0.1) is 0 Å². The van der Waals surface area contributed by atoms with E-state index in [0.717, 1.165) is 12.8 Å². The molecule has 1 aromatic rings. The standard InChI is InChI=1S/C13H22N4O/c1-3-4-5-6-7-10(2)17-13(18)11-8-16-12(14)9-15-11/h8-10H,3-7H2,1-2H3,(H2,14,16)(H,17,18). The van der Waals surface area contributed by atoms with Crippen molar-refractivity contribution < 1.29 is 4.79 Å². The minimum atomic E-state index is -0.189. The third-order valence-electron chi connectivity index (χ3n) is 2.77. The molecule has 1 rings (SSSR count). The molecule has 0 fully saturated rings. The van der Waals surface area contributed by atoms with E-state index in [1.165, 1.54) is 31.7 Å². The molecule has 5 heteroatoms. The average molecular weight is 250 g/mol. The second-order valence-corrected chi connectivity index (χ2v) is 4.55. The number of rotatable bonds is 7. The molecule has 18 heavy (non-hydrogen) atoms. The van der Waals surface area contributed by atoms with Crippen molar-refractivity contribution in [3.8, 4) is 0 Å². The maximum Gasteiger partial charge on any atom is 0.271 e. The third kappa shape index (κ3) is 5.12. The molecule has 0 saturated heterocycles. The van der Waals surface area contributed by atoms with Crippen molar-refractivity contribution in [3.05, 3.63) is 18.1 Å². The SMILES string of the molecule is CCCCCCC(C)NC(=O)c1cnc(N)cn1. The summed E-state index contributed by atoms with van der Waals surface area (Å²) in [5.41, 5.74) is 5.73. The molecule has 100 valence electrons. The summed E-state index contributed by atoms with van der Waals surface area (Å²) in [4.78, 5) is 19.6. The number of hydrogen-bond donors (Lipinski definition) is 2. The van der Waals surface area contributed by atoms with Crippen molar-refractivity contribution in [3.63, 3.8) is 0 Å². The fraction of sp³-hybridized carbons (Fsp3) is 0.615. The smallest absolute Gasteiger partial charge is 0.271 e. The molecule has 0 aliphatic rings. The molecule has 1 atom stereocenters. The second-order valence-electron chi connectivity index (χ2n) is 4.55. The highest BCUT2D eigenvalue weighted by Gasteiger charge is 2.10. The first-order valence-corrected chi connectivity index (χ1v) is 6.52. The van der Waals surface area contributed by atoms with Gasteiger partial charge in [-0.25, -0.2) is 9.97 Å². The Kier molecular flexibility index (Phi) is 6.11. The summed E-state index contributed by atoms with van der Waals surface area (Å²) in [6.45, 7) is 4.19. The molecule has 1 unspecified atom stereocenters. The summed E-state index contributed by atoms with van der Waals surface area (Å²) in [7, 11) is 0. The van der Waals surface area contributed by atoms with E-state index in [1.807, 2.05) is 6.92 Å². The molecule has 0 spiro atoms. The summed E-state index contributed by atoms with van der Waals surface area (Å²) in [5.74, 6) is 0.129. The lowest BCUT2D eigenvalue weighted by atomic mass is 10.1. The first-order chi connectivity index (χ1) is 8.63. The first-order valence-electron chi connectivity index (χ1n) is 6.52. The third-order valence-corrected chi connectivity index (χ3v) is 2.77. The van der Waals surface area contributed by atoms with Crippen LogP contribution < -0.4 is 11.1 Å². The van der Waals surface area contributed by atoms with Gasteiger partial charge in [0.1, 0.15) is 11.5 Å². The lowest BCUT2D eigenvalue weighted by molar-refractivity contribution is 0.0932. The molecular weight excluding hydrogens is 228 g/mol. The minimum Gasteiger partial charge on any atom is -0.382 e. The number of anilines is 1. The fourth-order valence-electron chi connectivity index (χ4n) is 1.70. The van der Waals surface area contributed by atoms with Crippen LogP contribution in [0.3, 0.4) is 0 Å². The van der Waals surface area contributed by atoms with Crippen LogP contribution >= 0.6 is 0 Å². The van der Waals surface area contributed by atoms with E-state index in [9.17, 15) is 4.79 Å². The molecule has 1 amide bonds. The molecular formula is C13H22N4O. The number of hydrogen-bond acceptors (Lipinski definition) is 4. The Bertz CT molecular complexity index is 364. The van der Waals surface area contributed by atoms with Crippen LogP contribution in [0.25, 0.3) is 0 Å². The Morgan fingerprint density at radius 3 is 2.72 bits per heavy atom. The van der Waals surface area contributed by atoms with Gasteiger partial charge in [0.05, 0.1) is 12.4 Å². The van der Waals surface area contributed by atoms with Gasteiger partial charge in [0.2, 0.25) is 0 Å². The molecule has 1 heterocycles. The Balaban J connectivity index is 2.33. The minimum absolute atomic E-state index is 0.161. The molecule has 0 aromatic carbocycles. The predicted molar refractivity (Wildman–Crippen MR) is 72.1 cm³/mol. The van der Waals surface area contributed by atoms with E-state index < -0.39 is 0 Å². The highest BCUT2D eigenvalue weighted by atomic mass is 16.1. The van der Waals surface area contributed by atoms with Gasteiger partial charge in [0.15, 0.2) is 0 Å². The van der Waals surface area contributed by atoms with Crippen LogP contribution in [0.2, 0.25) is 0 Å². The number of nitrogens with two attached hydrogens (primary N) is 1. The van der Waals surface area contributed by atoms with E-state index >= 15 is 0 Å². The van der Waals surface area contributed by atoms with Gasteiger partial charge in [-0.05, 0) is 13.3 Å². The largest absolute Gasteiger partial charge is 0.382 e. The highest BCUT2D eigenvalue weighted by molar-refractivity contribution is 5.92. The Labute approximate surface area is 108 Å². The molecule has 0 aliphatic heterocycles. The molecule has 5 nitrogen and oxygen atoms in total. The predicted octanol–water partition coefficient (Wildman–Crippen LogP) is 2.15. The van der Waals surface area contributed by atoms with Crippen LogP contribution in [0, 0.1) is 0 Å². The molecule has 0 radical (unpaired) electrons. The van der Waals surface area contributed by atoms with Gasteiger partial charge in [-0.2, -0.15) is 0 Å². The number of unbranched alkanes of at least 4 members (excludes halogenated alkanes) is 3. The van der Waals surface area contributed by atoms with Gasteiger partial charge in [0, 0.05) is 6.04 Å². The van der Waals surface area contributed by atoms with Crippen LogP contribution in [0.5, 0.6) is 0 Å². The van der Waals surface area contributed by atoms with E-state index in [4.69, 9.17) is 5.73 Å². The Morgan fingerprint density at radius 1 is 1.33 bits per heavy atom. The number of carbonyl (C=O) groups excluding carboxylic acids is 1. The number of nitrogens with one attached hydrogen (secondary N) is 1. The summed E-state index contributed by atoms with van der Waals surface area (Å²) in [6.07, 6.45) is 8.62. The van der Waals surface area contributed by atoms with Crippen LogP contribution in [-0.4, -0.2) is 21.9 Å². The summed E-state index contributed by atoms with van der Waals surface area (Å²) in [6, 6.07) is 0.161. The van der Waals surface area contributed by atoms with Gasteiger partial charge in [-0.3, -0.25) is 4.79 Å². The summed E-state index contributed by atoms with van der Waals surface area (Å²) in [5, 5.41) is 2.91. The van der Waals surface area contributed by atoms with Gasteiger partial charge in [0.25, 0.3) is 5.91 Å². The van der Waals surface area contributed by atoms with E-state index in [2.05, 4.69) is 22.2 Å². The second kappa shape index (κ2) is 7.63. The zero-order chi connectivity index (χ0) is 13.4. The van der Waals surface area contributed by atoms with E-state index in [-0.39, 0.29) is 11.9 Å². The van der Waals surface area contributed by atoms with Crippen molar-refractivity contribution >= 4 is 11.7 Å². The van der Waals surface area contributed by atoms with Crippen molar-refractivity contribution in [1.29, 1.82) is 0 Å².